The van der Waals surface area contributed by atoms with Crippen LogP contribution in [0.5, 0.6) is 0 Å². The van der Waals surface area contributed by atoms with Gasteiger partial charge in [-0.15, -0.1) is 11.3 Å². The SMILES string of the molecule is Cc1nc(C(C)(C)C)sc1C(=O)NCC1(C(=O)O)CCCCC1. The lowest BCUT2D eigenvalue weighted by Crippen LogP contribution is -2.44. The van der Waals surface area contributed by atoms with E-state index >= 15 is 0 Å². The number of carboxylic acid groups (broad SMARTS) is 1. The minimum absolute atomic E-state index is 0.0976. The number of carboxylic acids is 1. The van der Waals surface area contributed by atoms with Crippen molar-refractivity contribution in [1.29, 1.82) is 0 Å². The normalized spacial score (nSPS) is 17.7. The molecule has 2 N–H and O–H groups in total. The van der Waals surface area contributed by atoms with Crippen LogP contribution in [0.25, 0.3) is 0 Å². The van der Waals surface area contributed by atoms with E-state index < -0.39 is 11.4 Å². The van der Waals surface area contributed by atoms with Crippen LogP contribution in [-0.4, -0.2) is 28.5 Å². The maximum absolute atomic E-state index is 12.5. The Kier molecular flexibility index (Phi) is 5.14. The van der Waals surface area contributed by atoms with E-state index in [0.29, 0.717) is 23.4 Å². The molecule has 0 aliphatic heterocycles. The summed E-state index contributed by atoms with van der Waals surface area (Å²) in [7, 11) is 0. The van der Waals surface area contributed by atoms with Gasteiger partial charge in [0.2, 0.25) is 0 Å². The standard InChI is InChI=1S/C17H26N2O3S/c1-11-12(23-14(19-11)16(2,3)4)13(20)18-10-17(15(21)22)8-6-5-7-9-17/h5-10H2,1-4H3,(H,18,20)(H,21,22). The highest BCUT2D eigenvalue weighted by atomic mass is 32.1. The lowest BCUT2D eigenvalue weighted by Gasteiger charge is -2.33. The molecule has 0 bridgehead atoms. The summed E-state index contributed by atoms with van der Waals surface area (Å²) in [6, 6.07) is 0. The zero-order valence-electron chi connectivity index (χ0n) is 14.4. The van der Waals surface area contributed by atoms with Gasteiger partial charge in [0.05, 0.1) is 16.1 Å². The lowest BCUT2D eigenvalue weighted by molar-refractivity contribution is -0.150. The van der Waals surface area contributed by atoms with Crippen molar-refractivity contribution in [3.63, 3.8) is 0 Å². The molecule has 0 atom stereocenters. The summed E-state index contributed by atoms with van der Waals surface area (Å²) < 4.78 is 0. The first-order valence-corrected chi connectivity index (χ1v) is 8.97. The maximum atomic E-state index is 12.5. The van der Waals surface area contributed by atoms with E-state index in [-0.39, 0.29) is 17.9 Å². The van der Waals surface area contributed by atoms with E-state index in [4.69, 9.17) is 0 Å². The highest BCUT2D eigenvalue weighted by molar-refractivity contribution is 7.14. The Labute approximate surface area is 141 Å². The number of hydrogen-bond donors (Lipinski definition) is 2. The van der Waals surface area contributed by atoms with Gasteiger partial charge >= 0.3 is 5.97 Å². The molecule has 1 saturated carbocycles. The summed E-state index contributed by atoms with van der Waals surface area (Å²) in [5, 5.41) is 13.3. The van der Waals surface area contributed by atoms with Crippen LogP contribution in [0.2, 0.25) is 0 Å². The highest BCUT2D eigenvalue weighted by Gasteiger charge is 2.40. The number of carbonyl (C=O) groups excluding carboxylic acids is 1. The van der Waals surface area contributed by atoms with Crippen LogP contribution < -0.4 is 5.32 Å². The van der Waals surface area contributed by atoms with E-state index in [0.717, 1.165) is 24.3 Å². The fourth-order valence-corrected chi connectivity index (χ4v) is 3.99. The molecule has 0 unspecified atom stereocenters. The van der Waals surface area contributed by atoms with Gasteiger partial charge in [0.1, 0.15) is 4.88 Å². The van der Waals surface area contributed by atoms with Gasteiger partial charge in [0.15, 0.2) is 0 Å². The third-order valence-electron chi connectivity index (χ3n) is 4.50. The van der Waals surface area contributed by atoms with Gasteiger partial charge in [0.25, 0.3) is 5.91 Å². The summed E-state index contributed by atoms with van der Waals surface area (Å²) in [5.41, 5.74) is -0.190. The molecule has 0 aromatic carbocycles. The van der Waals surface area contributed by atoms with E-state index in [1.807, 2.05) is 6.92 Å². The van der Waals surface area contributed by atoms with Gasteiger partial charge in [-0.1, -0.05) is 40.0 Å². The summed E-state index contributed by atoms with van der Waals surface area (Å²) in [5.74, 6) is -1.00. The number of aromatic nitrogens is 1. The number of rotatable bonds is 4. The van der Waals surface area contributed by atoms with Gasteiger partial charge in [-0.3, -0.25) is 9.59 Å². The van der Waals surface area contributed by atoms with Crippen molar-refractivity contribution in [2.24, 2.45) is 5.41 Å². The fourth-order valence-electron chi connectivity index (χ4n) is 2.95. The Hall–Kier alpha value is -1.43. The number of nitrogens with zero attached hydrogens (tertiary/aromatic N) is 1. The molecule has 23 heavy (non-hydrogen) atoms. The Morgan fingerprint density at radius 1 is 1.26 bits per heavy atom. The number of thiazole rings is 1. The monoisotopic (exact) mass is 338 g/mol. The minimum atomic E-state index is -0.806. The van der Waals surface area contributed by atoms with Gasteiger partial charge in [0, 0.05) is 12.0 Å². The van der Waals surface area contributed by atoms with Crippen LogP contribution in [0.4, 0.5) is 0 Å². The van der Waals surface area contributed by atoms with Crippen molar-refractivity contribution in [3.05, 3.63) is 15.6 Å². The molecule has 5 nitrogen and oxygen atoms in total. The first-order chi connectivity index (χ1) is 10.7. The molecule has 1 amide bonds. The Balaban J connectivity index is 2.10. The zero-order valence-corrected chi connectivity index (χ0v) is 15.2. The molecule has 0 saturated heterocycles. The second-order valence-corrected chi connectivity index (χ2v) is 8.51. The number of aliphatic carboxylic acids is 1. The van der Waals surface area contributed by atoms with Crippen molar-refractivity contribution >= 4 is 23.2 Å². The van der Waals surface area contributed by atoms with E-state index in [2.05, 4.69) is 31.1 Å². The summed E-state index contributed by atoms with van der Waals surface area (Å²) in [6.45, 7) is 8.22. The molecule has 1 heterocycles. The van der Waals surface area contributed by atoms with Crippen LogP contribution in [0, 0.1) is 12.3 Å². The molecule has 1 fully saturated rings. The zero-order chi connectivity index (χ0) is 17.3. The highest BCUT2D eigenvalue weighted by Crippen LogP contribution is 2.36. The van der Waals surface area contributed by atoms with Crippen LogP contribution in [0.15, 0.2) is 0 Å². The van der Waals surface area contributed by atoms with Crippen LogP contribution in [0.1, 0.15) is 73.2 Å². The predicted octanol–water partition coefficient (Wildman–Crippen LogP) is 3.51. The second-order valence-electron chi connectivity index (χ2n) is 7.51. The molecule has 1 aliphatic carbocycles. The molecule has 1 aliphatic rings. The Bertz CT molecular complexity index is 595. The summed E-state index contributed by atoms with van der Waals surface area (Å²) in [4.78, 5) is 29.2. The number of carbonyl (C=O) groups is 2. The quantitative estimate of drug-likeness (QED) is 0.880. The largest absolute Gasteiger partial charge is 0.481 e. The number of amides is 1. The molecule has 2 rings (SSSR count). The average Bonchev–Trinajstić information content (AvgIpc) is 2.88. The Morgan fingerprint density at radius 3 is 2.35 bits per heavy atom. The third-order valence-corrected chi connectivity index (χ3v) is 6.08. The smallest absolute Gasteiger partial charge is 0.311 e. The number of nitrogens with one attached hydrogen (secondary N) is 1. The summed E-state index contributed by atoms with van der Waals surface area (Å²) >= 11 is 1.40. The number of hydrogen-bond acceptors (Lipinski definition) is 4. The van der Waals surface area contributed by atoms with Crippen LogP contribution in [0.3, 0.4) is 0 Å². The van der Waals surface area contributed by atoms with Crippen LogP contribution >= 0.6 is 11.3 Å². The first kappa shape index (κ1) is 17.9. The molecule has 1 aromatic heterocycles. The van der Waals surface area contributed by atoms with Crippen molar-refractivity contribution in [3.8, 4) is 0 Å². The van der Waals surface area contributed by atoms with E-state index in [9.17, 15) is 14.7 Å². The van der Waals surface area contributed by atoms with E-state index in [1.54, 1.807) is 0 Å². The molecule has 128 valence electrons. The fraction of sp³-hybridized carbons (Fsp3) is 0.706. The molecule has 0 radical (unpaired) electrons. The van der Waals surface area contributed by atoms with Crippen molar-refractivity contribution in [2.45, 2.75) is 65.2 Å². The lowest BCUT2D eigenvalue weighted by atomic mass is 9.74. The third kappa shape index (κ3) is 3.91. The predicted molar refractivity (Wildman–Crippen MR) is 91.0 cm³/mol. The average molecular weight is 338 g/mol. The molecular formula is C17H26N2O3S. The van der Waals surface area contributed by atoms with Gasteiger partial charge in [-0.05, 0) is 19.8 Å². The van der Waals surface area contributed by atoms with Gasteiger partial charge in [-0.2, -0.15) is 0 Å². The maximum Gasteiger partial charge on any atom is 0.311 e. The van der Waals surface area contributed by atoms with Crippen LogP contribution in [-0.2, 0) is 10.2 Å². The number of aryl methyl sites for hydroxylation is 1. The van der Waals surface area contributed by atoms with Crippen molar-refractivity contribution < 1.29 is 14.7 Å². The van der Waals surface area contributed by atoms with Gasteiger partial charge in [-0.25, -0.2) is 4.98 Å². The molecule has 1 aromatic rings. The van der Waals surface area contributed by atoms with Crippen molar-refractivity contribution in [2.75, 3.05) is 6.54 Å². The minimum Gasteiger partial charge on any atom is -0.481 e. The van der Waals surface area contributed by atoms with Gasteiger partial charge < -0.3 is 10.4 Å². The van der Waals surface area contributed by atoms with Crippen molar-refractivity contribution in [1.82, 2.24) is 10.3 Å². The molecular weight excluding hydrogens is 312 g/mol. The summed E-state index contributed by atoms with van der Waals surface area (Å²) in [6.07, 6.45) is 4.17. The molecule has 6 heteroatoms. The first-order valence-electron chi connectivity index (χ1n) is 8.15. The second kappa shape index (κ2) is 6.59. The van der Waals surface area contributed by atoms with E-state index in [1.165, 1.54) is 11.3 Å². The molecule has 0 spiro atoms. The Morgan fingerprint density at radius 2 is 1.87 bits per heavy atom. The topological polar surface area (TPSA) is 79.3 Å².